The van der Waals surface area contributed by atoms with Crippen LogP contribution in [-0.2, 0) is 0 Å². The topological polar surface area (TPSA) is 61.8 Å². The Bertz CT molecular complexity index is 1120. The predicted octanol–water partition coefficient (Wildman–Crippen LogP) is 7.52. The summed E-state index contributed by atoms with van der Waals surface area (Å²) in [6.45, 7) is 9.00. The van der Waals surface area contributed by atoms with Gasteiger partial charge >= 0.3 is 0 Å². The summed E-state index contributed by atoms with van der Waals surface area (Å²) >= 11 is 0. The van der Waals surface area contributed by atoms with Crippen molar-refractivity contribution in [2.75, 3.05) is 23.9 Å². The molecular formula is C29H36N2O3. The number of nitrogens with zero attached hydrogens (tertiary/aromatic N) is 1. The Morgan fingerprint density at radius 1 is 1.00 bits per heavy atom. The molecule has 0 fully saturated rings. The minimum absolute atomic E-state index is 0.0490. The van der Waals surface area contributed by atoms with Gasteiger partial charge in [-0.25, -0.2) is 0 Å². The quantitative estimate of drug-likeness (QED) is 0.300. The van der Waals surface area contributed by atoms with E-state index in [4.69, 9.17) is 4.74 Å². The number of allylic oxidation sites excluding steroid dienone is 5. The third-order valence-corrected chi connectivity index (χ3v) is 6.02. The molecule has 0 aliphatic carbocycles. The summed E-state index contributed by atoms with van der Waals surface area (Å²) < 4.78 is 5.41. The molecule has 5 heteroatoms. The molecule has 0 bridgehead atoms. The maximum Gasteiger partial charge on any atom is 0.260 e. The number of phenolic OH excluding ortho intramolecular Hbond substituents is 1. The van der Waals surface area contributed by atoms with Crippen molar-refractivity contribution in [1.82, 2.24) is 0 Å². The van der Waals surface area contributed by atoms with Gasteiger partial charge in [0, 0.05) is 12.6 Å². The molecule has 1 aliphatic heterocycles. The van der Waals surface area contributed by atoms with Crippen molar-refractivity contribution < 1.29 is 14.6 Å². The lowest BCUT2D eigenvalue weighted by Crippen LogP contribution is -2.30. The fraction of sp³-hybridized carbons (Fsp3) is 0.345. The molecule has 0 atom stereocenters. The van der Waals surface area contributed by atoms with Gasteiger partial charge in [0.1, 0.15) is 11.5 Å². The van der Waals surface area contributed by atoms with Gasteiger partial charge in [-0.1, -0.05) is 41.0 Å². The van der Waals surface area contributed by atoms with E-state index < -0.39 is 0 Å². The molecule has 0 aromatic heterocycles. The maximum atomic E-state index is 13.5. The smallest absolute Gasteiger partial charge is 0.260 e. The third-order valence-electron chi connectivity index (χ3n) is 6.02. The van der Waals surface area contributed by atoms with Gasteiger partial charge in [0.15, 0.2) is 0 Å². The molecule has 1 heterocycles. The van der Waals surface area contributed by atoms with E-state index in [9.17, 15) is 9.90 Å². The van der Waals surface area contributed by atoms with E-state index in [0.29, 0.717) is 23.5 Å². The Kier molecular flexibility index (Phi) is 8.58. The lowest BCUT2D eigenvalue weighted by atomic mass is 10.1. The monoisotopic (exact) mass is 460 g/mol. The minimum Gasteiger partial charge on any atom is -0.506 e. The average Bonchev–Trinajstić information content (AvgIpc) is 2.92. The second-order valence-corrected chi connectivity index (χ2v) is 9.08. The molecule has 1 amide bonds. The van der Waals surface area contributed by atoms with Crippen LogP contribution in [0.4, 0.5) is 17.1 Å². The molecule has 0 unspecified atom stereocenters. The van der Waals surface area contributed by atoms with Crippen molar-refractivity contribution in [1.29, 1.82) is 0 Å². The number of ether oxygens (including phenoxy) is 1. The zero-order valence-corrected chi connectivity index (χ0v) is 20.9. The highest BCUT2D eigenvalue weighted by Gasteiger charge is 2.28. The predicted molar refractivity (Wildman–Crippen MR) is 141 cm³/mol. The summed E-state index contributed by atoms with van der Waals surface area (Å²) in [7, 11) is 1.61. The Morgan fingerprint density at radius 3 is 2.41 bits per heavy atom. The number of benzene rings is 2. The third kappa shape index (κ3) is 6.31. The number of amides is 1. The summed E-state index contributed by atoms with van der Waals surface area (Å²) in [4.78, 5) is 15.2. The number of carbonyl (C=O) groups is 1. The molecular weight excluding hydrogens is 424 g/mol. The molecule has 0 saturated heterocycles. The van der Waals surface area contributed by atoms with Gasteiger partial charge in [0.2, 0.25) is 0 Å². The molecule has 0 saturated carbocycles. The van der Waals surface area contributed by atoms with Gasteiger partial charge in [-0.3, -0.25) is 4.79 Å². The van der Waals surface area contributed by atoms with E-state index in [-0.39, 0.29) is 11.7 Å². The van der Waals surface area contributed by atoms with Crippen LogP contribution in [0, 0.1) is 0 Å². The number of hydrogen-bond donors (Lipinski definition) is 2. The summed E-state index contributed by atoms with van der Waals surface area (Å²) in [5.74, 6) is 0.556. The average molecular weight is 461 g/mol. The summed E-state index contributed by atoms with van der Waals surface area (Å²) in [6, 6.07) is 10.6. The van der Waals surface area contributed by atoms with Crippen LogP contribution in [0.5, 0.6) is 11.5 Å². The molecule has 5 nitrogen and oxygen atoms in total. The fourth-order valence-corrected chi connectivity index (χ4v) is 3.97. The normalized spacial score (nSPS) is 13.6. The van der Waals surface area contributed by atoms with Crippen molar-refractivity contribution in [2.45, 2.75) is 53.4 Å². The Labute approximate surface area is 203 Å². The molecule has 0 spiro atoms. The van der Waals surface area contributed by atoms with Crippen molar-refractivity contribution in [3.05, 3.63) is 76.9 Å². The first kappa shape index (κ1) is 25.2. The number of anilines is 3. The fourth-order valence-electron chi connectivity index (χ4n) is 3.97. The van der Waals surface area contributed by atoms with Gasteiger partial charge in [0.05, 0.1) is 29.7 Å². The molecule has 34 heavy (non-hydrogen) atoms. The number of methoxy groups -OCH3 is 1. The molecule has 2 aromatic carbocycles. The van der Waals surface area contributed by atoms with Crippen molar-refractivity contribution >= 4 is 23.0 Å². The van der Waals surface area contributed by atoms with E-state index >= 15 is 0 Å². The number of hydrogen-bond acceptors (Lipinski definition) is 4. The number of fused-ring (bicyclic) bond motifs is 2. The second-order valence-electron chi connectivity index (χ2n) is 9.08. The molecule has 180 valence electrons. The number of carbonyl (C=O) groups excluding carboxylic acids is 1. The van der Waals surface area contributed by atoms with Crippen LogP contribution in [0.1, 0.15) is 63.7 Å². The number of aromatic hydroxyl groups is 1. The minimum atomic E-state index is -0.163. The number of para-hydroxylation sites is 1. The maximum absolute atomic E-state index is 13.5. The van der Waals surface area contributed by atoms with Gasteiger partial charge < -0.3 is 20.1 Å². The van der Waals surface area contributed by atoms with Gasteiger partial charge in [-0.05, 0) is 77.6 Å². The zero-order chi connectivity index (χ0) is 24.7. The second kappa shape index (κ2) is 11.6. The first-order chi connectivity index (χ1) is 16.3. The Morgan fingerprint density at radius 2 is 1.71 bits per heavy atom. The standard InChI is InChI=1S/C29H36N2O3/c1-20(2)9-6-10-21(3)11-7-12-22(4)17-18-31-26-19-23(34-5)15-16-25(26)30-28-24(29(31)33)13-8-14-27(28)32/h8-9,11,13-17,19,30,32H,6-7,10,12,18H2,1-5H3/b21-11+,22-17+. The molecule has 2 aromatic rings. The van der Waals surface area contributed by atoms with E-state index in [0.717, 1.165) is 37.1 Å². The lowest BCUT2D eigenvalue weighted by Gasteiger charge is -2.22. The first-order valence-electron chi connectivity index (χ1n) is 11.8. The van der Waals surface area contributed by atoms with E-state index in [1.165, 1.54) is 16.7 Å². The van der Waals surface area contributed by atoms with Crippen LogP contribution in [-0.4, -0.2) is 24.7 Å². The number of phenols is 1. The molecule has 1 aliphatic rings. The Balaban J connectivity index is 1.77. The van der Waals surface area contributed by atoms with Crippen LogP contribution in [0.15, 0.2) is 71.3 Å². The Hall–Kier alpha value is -3.47. The largest absolute Gasteiger partial charge is 0.506 e. The van der Waals surface area contributed by atoms with Crippen molar-refractivity contribution in [2.24, 2.45) is 0 Å². The van der Waals surface area contributed by atoms with Crippen LogP contribution >= 0.6 is 0 Å². The van der Waals surface area contributed by atoms with Crippen LogP contribution < -0.4 is 15.0 Å². The number of rotatable bonds is 9. The van der Waals surface area contributed by atoms with Crippen LogP contribution in [0.25, 0.3) is 0 Å². The van der Waals surface area contributed by atoms with Crippen molar-refractivity contribution in [3.8, 4) is 11.5 Å². The highest BCUT2D eigenvalue weighted by molar-refractivity contribution is 6.14. The van der Waals surface area contributed by atoms with Gasteiger partial charge in [0.25, 0.3) is 5.91 Å². The highest BCUT2D eigenvalue weighted by atomic mass is 16.5. The van der Waals surface area contributed by atoms with Crippen LogP contribution in [0.2, 0.25) is 0 Å². The van der Waals surface area contributed by atoms with Crippen molar-refractivity contribution in [3.63, 3.8) is 0 Å². The van der Waals surface area contributed by atoms with Gasteiger partial charge in [-0.2, -0.15) is 0 Å². The first-order valence-corrected chi connectivity index (χ1v) is 11.8. The lowest BCUT2D eigenvalue weighted by molar-refractivity contribution is 0.0991. The van der Waals surface area contributed by atoms with Gasteiger partial charge in [-0.15, -0.1) is 0 Å². The van der Waals surface area contributed by atoms with E-state index in [1.54, 1.807) is 30.2 Å². The number of nitrogens with one attached hydrogen (secondary N) is 1. The highest BCUT2D eigenvalue weighted by Crippen LogP contribution is 2.41. The van der Waals surface area contributed by atoms with Crippen LogP contribution in [0.3, 0.4) is 0 Å². The molecule has 0 radical (unpaired) electrons. The SMILES string of the molecule is COc1ccc2c(c1)N(C/C=C(\C)CC/C=C(\C)CCC=C(C)C)C(=O)c1cccc(O)c1N2. The summed E-state index contributed by atoms with van der Waals surface area (Å²) in [6.07, 6.45) is 10.8. The van der Waals surface area contributed by atoms with E-state index in [2.05, 4.69) is 51.2 Å². The molecule has 3 rings (SSSR count). The summed E-state index contributed by atoms with van der Waals surface area (Å²) in [5.41, 5.74) is 6.35. The van der Waals surface area contributed by atoms with E-state index in [1.807, 2.05) is 18.2 Å². The summed E-state index contributed by atoms with van der Waals surface area (Å²) in [5, 5.41) is 13.6. The zero-order valence-electron chi connectivity index (χ0n) is 20.9. The molecule has 2 N–H and O–H groups in total.